The highest BCUT2D eigenvalue weighted by Gasteiger charge is 2.62. The van der Waals surface area contributed by atoms with Crippen molar-refractivity contribution >= 4 is 83.3 Å². The number of nitrogens with two attached hydrogens (primary N) is 1. The quantitative estimate of drug-likeness (QED) is 0.657. The number of H-pyrrole nitrogens is 1. The molecule has 3 nitrogen and oxygen atoms in total. The van der Waals surface area contributed by atoms with E-state index in [9.17, 15) is 4.79 Å². The molecule has 24 heavy (non-hydrogen) atoms. The molecule has 1 amide bonds. The Labute approximate surface area is 154 Å². The summed E-state index contributed by atoms with van der Waals surface area (Å²) in [5.74, 6) is -1.04. The molecule has 0 aliphatic heterocycles. The second-order valence-electron chi connectivity index (χ2n) is 6.34. The van der Waals surface area contributed by atoms with Gasteiger partial charge in [0, 0.05) is 26.9 Å². The monoisotopic (exact) mass is 318 g/mol. The van der Waals surface area contributed by atoms with Crippen molar-refractivity contribution in [2.24, 2.45) is 5.73 Å². The van der Waals surface area contributed by atoms with Crippen molar-refractivity contribution < 1.29 is 4.79 Å². The molecule has 0 saturated heterocycles. The molecule has 0 unspecified atom stereocenters. The number of amides is 1. The Balaban J connectivity index is 2.56. The van der Waals surface area contributed by atoms with Crippen LogP contribution in [0.3, 0.4) is 0 Å². The lowest BCUT2D eigenvalue weighted by Gasteiger charge is -2.66. The van der Waals surface area contributed by atoms with Gasteiger partial charge in [0.1, 0.15) is 0 Å². The average Bonchev–Trinajstić information content (AvgIpc) is 2.83. The van der Waals surface area contributed by atoms with Gasteiger partial charge in [-0.05, 0) is 23.8 Å². The van der Waals surface area contributed by atoms with E-state index in [0.29, 0.717) is 15.9 Å². The second-order valence-corrected chi connectivity index (χ2v) is 6.78. The van der Waals surface area contributed by atoms with Crippen LogP contribution < -0.4 is 5.73 Å². The Hall–Kier alpha value is -1.03. The Kier molecular flexibility index (Phi) is 3.54. The summed E-state index contributed by atoms with van der Waals surface area (Å²) in [6.45, 7) is 0. The predicted molar refractivity (Wildman–Crippen MR) is 102 cm³/mol. The van der Waals surface area contributed by atoms with E-state index in [-0.39, 0.29) is 11.3 Å². The zero-order valence-corrected chi connectivity index (χ0v) is 13.4. The predicted octanol–water partition coefficient (Wildman–Crippen LogP) is -0.920. The summed E-state index contributed by atoms with van der Waals surface area (Å²) < 4.78 is 0. The van der Waals surface area contributed by atoms with Crippen LogP contribution >= 0.6 is 11.6 Å². The van der Waals surface area contributed by atoms with Gasteiger partial charge in [0.05, 0.1) is 54.9 Å². The van der Waals surface area contributed by atoms with Gasteiger partial charge in [0.15, 0.2) is 0 Å². The smallest absolute Gasteiger partial charge is 0.219 e. The molecule has 11 heteroatoms. The normalized spacial score (nSPS) is 26.7. The Morgan fingerprint density at radius 2 is 1.62 bits per heavy atom. The van der Waals surface area contributed by atoms with Gasteiger partial charge in [-0.1, -0.05) is 22.0 Å². The Bertz CT molecular complexity index is 879. The van der Waals surface area contributed by atoms with Gasteiger partial charge in [-0.15, -0.1) is 5.21 Å². The maximum Gasteiger partial charge on any atom is 0.219 e. The first kappa shape index (κ1) is 17.8. The van der Waals surface area contributed by atoms with Crippen LogP contribution in [0.1, 0.15) is 11.3 Å². The summed E-state index contributed by atoms with van der Waals surface area (Å²) in [5.41, 5.74) is 6.26. The van der Waals surface area contributed by atoms with Gasteiger partial charge in [-0.25, -0.2) is 0 Å². The van der Waals surface area contributed by atoms with Crippen molar-refractivity contribution in [2.75, 3.05) is 0 Å². The second kappa shape index (κ2) is 4.78. The molecule has 1 atom stereocenters. The van der Waals surface area contributed by atoms with Crippen LogP contribution in [0.15, 0.2) is 18.2 Å². The molecular weight excluding hydrogens is 311 g/mol. The number of fused-ring (bicyclic) bond motifs is 3. The maximum absolute atomic E-state index is 12.2. The fourth-order valence-electron chi connectivity index (χ4n) is 3.30. The summed E-state index contributed by atoms with van der Waals surface area (Å²) in [4.78, 5) is 15.1. The molecule has 0 bridgehead atoms. The van der Waals surface area contributed by atoms with E-state index in [0.717, 1.165) is 0 Å². The van der Waals surface area contributed by atoms with E-state index in [1.54, 1.807) is 18.2 Å². The molecule has 0 spiro atoms. The minimum atomic E-state index is -2.26. The first-order valence-corrected chi connectivity index (χ1v) is 7.32. The van der Waals surface area contributed by atoms with Gasteiger partial charge in [-0.3, -0.25) is 4.79 Å². The van der Waals surface area contributed by atoms with Gasteiger partial charge in [-0.2, -0.15) is 0 Å². The molecule has 1 heterocycles. The summed E-state index contributed by atoms with van der Waals surface area (Å²) in [6.07, 6.45) is 0. The third-order valence-corrected chi connectivity index (χ3v) is 5.21. The zero-order valence-electron chi connectivity index (χ0n) is 12.6. The Morgan fingerprint density at radius 3 is 2.17 bits per heavy atom. The molecule has 2 aromatic rings. The lowest BCUT2D eigenvalue weighted by atomic mass is 9.09. The Morgan fingerprint density at radius 1 is 1.04 bits per heavy atom. The van der Waals surface area contributed by atoms with Gasteiger partial charge >= 0.3 is 0 Å². The number of nitrogens with one attached hydrogen (secondary N) is 1. The zero-order chi connectivity index (χ0) is 18.3. The number of aromatic amines is 1. The van der Waals surface area contributed by atoms with Gasteiger partial charge < -0.3 is 10.7 Å². The highest BCUT2D eigenvalue weighted by molar-refractivity contribution is 6.65. The van der Waals surface area contributed by atoms with Crippen molar-refractivity contribution in [2.45, 2.75) is 21.0 Å². The highest BCUT2D eigenvalue weighted by Crippen LogP contribution is 2.66. The first-order chi connectivity index (χ1) is 10.8. The van der Waals surface area contributed by atoms with E-state index in [4.69, 9.17) is 72.3 Å². The third kappa shape index (κ3) is 1.76. The number of hydrogen-bond acceptors (Lipinski definition) is 1. The van der Waals surface area contributed by atoms with Gasteiger partial charge in [0.2, 0.25) is 5.91 Å². The SMILES string of the molecule is [B]C1([B])c2c([nH]c3ccc(Cl)cc23)[C@]([B])(C(N)=O)C([B])([B])C1([B])[B]. The van der Waals surface area contributed by atoms with E-state index in [2.05, 4.69) is 4.98 Å². The van der Waals surface area contributed by atoms with E-state index < -0.39 is 26.9 Å². The van der Waals surface area contributed by atoms with Crippen LogP contribution in [0.2, 0.25) is 15.5 Å². The maximum atomic E-state index is 12.2. The highest BCUT2D eigenvalue weighted by atomic mass is 35.5. The molecular formula is C13H6B7ClN2O. The molecule has 1 aromatic heterocycles. The van der Waals surface area contributed by atoms with Gasteiger partial charge in [0.25, 0.3) is 0 Å². The lowest BCUT2D eigenvalue weighted by molar-refractivity contribution is -0.121. The first-order valence-electron chi connectivity index (χ1n) is 6.94. The minimum absolute atomic E-state index is 0.0498. The standard InChI is InChI=1S/C13H6B7ClN2O/c14-10(9(22)24)8-7(5-3-4(21)1-2-6(5)23-8)11(15,16)13(19,20)12(10,17)18/h1-3,23H,(H2,22,24)/t10-/m0/s1. The van der Waals surface area contributed by atoms with Crippen LogP contribution in [0.4, 0.5) is 0 Å². The van der Waals surface area contributed by atoms with Crippen LogP contribution in [-0.2, 0) is 15.3 Å². The van der Waals surface area contributed by atoms with Crippen LogP contribution in [0.5, 0.6) is 0 Å². The molecule has 3 rings (SSSR count). The molecule has 0 saturated carbocycles. The number of benzene rings is 1. The van der Waals surface area contributed by atoms with Crippen LogP contribution in [-0.4, -0.2) is 65.8 Å². The van der Waals surface area contributed by atoms with Crippen molar-refractivity contribution in [3.8, 4) is 0 Å². The largest absolute Gasteiger partial charge is 0.370 e. The number of halogens is 1. The van der Waals surface area contributed by atoms with Crippen molar-refractivity contribution in [1.29, 1.82) is 0 Å². The number of carbonyl (C=O) groups excluding carboxylic acids is 1. The fraction of sp³-hybridized carbons (Fsp3) is 0.308. The molecule has 14 radical (unpaired) electrons. The van der Waals surface area contributed by atoms with E-state index >= 15 is 0 Å². The molecule has 0 fully saturated rings. The van der Waals surface area contributed by atoms with E-state index in [1.807, 2.05) is 0 Å². The summed E-state index contributed by atoms with van der Waals surface area (Å²) in [5, 5.41) is -7.65. The average molecular weight is 317 g/mol. The number of carbonyl (C=O) groups is 1. The number of primary amides is 1. The molecule has 1 aliphatic rings. The van der Waals surface area contributed by atoms with Crippen molar-refractivity contribution in [3.63, 3.8) is 0 Å². The van der Waals surface area contributed by atoms with Crippen molar-refractivity contribution in [3.05, 3.63) is 34.5 Å². The minimum Gasteiger partial charge on any atom is -0.370 e. The molecule has 1 aromatic carbocycles. The number of aromatic nitrogens is 1. The van der Waals surface area contributed by atoms with Crippen molar-refractivity contribution in [1.82, 2.24) is 4.98 Å². The lowest BCUT2D eigenvalue weighted by Crippen LogP contribution is -2.66. The summed E-state index contributed by atoms with van der Waals surface area (Å²) in [7, 11) is 43.0. The third-order valence-electron chi connectivity index (χ3n) is 4.98. The molecule has 3 N–H and O–H groups in total. The van der Waals surface area contributed by atoms with Crippen LogP contribution in [0.25, 0.3) is 10.9 Å². The van der Waals surface area contributed by atoms with Crippen LogP contribution in [0, 0.1) is 0 Å². The molecule has 1 aliphatic carbocycles. The topological polar surface area (TPSA) is 58.9 Å². The summed E-state index contributed by atoms with van der Waals surface area (Å²) >= 11 is 6.04. The number of hydrogen-bond donors (Lipinski definition) is 2. The fourth-order valence-corrected chi connectivity index (χ4v) is 3.47. The molecule has 102 valence electrons. The van der Waals surface area contributed by atoms with E-state index in [1.165, 1.54) is 0 Å². The number of rotatable bonds is 1. The summed E-state index contributed by atoms with van der Waals surface area (Å²) in [6, 6.07) is 4.86.